The van der Waals surface area contributed by atoms with Gasteiger partial charge in [-0.05, 0) is 136 Å². The Bertz CT molecular complexity index is 5600. The zero-order valence-corrected chi connectivity index (χ0v) is 52.6. The van der Waals surface area contributed by atoms with Crippen LogP contribution < -0.4 is 30.1 Å². The number of aryl methyl sites for hydroxylation is 2. The first-order valence-corrected chi connectivity index (χ1v) is 30.3. The third kappa shape index (κ3) is 10.7. The number of para-hydroxylation sites is 1. The van der Waals surface area contributed by atoms with Crippen molar-refractivity contribution in [3.63, 3.8) is 0 Å². The number of benzene rings is 10. The van der Waals surface area contributed by atoms with E-state index in [2.05, 4.69) is 39.2 Å². The summed E-state index contributed by atoms with van der Waals surface area (Å²) in [6.45, 7) is 12.2. The van der Waals surface area contributed by atoms with E-state index in [-0.39, 0.29) is 93.4 Å². The summed E-state index contributed by atoms with van der Waals surface area (Å²) in [4.78, 5) is 4.85. The quantitative estimate of drug-likeness (QED) is 0.0560. The molecule has 0 bridgehead atoms. The molecule has 0 aliphatic heterocycles. The third-order valence-electron chi connectivity index (χ3n) is 15.9. The van der Waals surface area contributed by atoms with Gasteiger partial charge in [0.15, 0.2) is 8.07 Å². The fourth-order valence-electron chi connectivity index (χ4n) is 11.5. The molecular formula is C80H72N4OPtSi-2. The molecule has 87 heavy (non-hydrogen) atoms. The van der Waals surface area contributed by atoms with E-state index in [9.17, 15) is 16.4 Å². The van der Waals surface area contributed by atoms with Crippen molar-refractivity contribution in [2.75, 3.05) is 0 Å². The molecule has 434 valence electrons. The number of nitrogens with zero attached hydrogens (tertiary/aromatic N) is 4. The van der Waals surface area contributed by atoms with Crippen LogP contribution in [0.1, 0.15) is 119 Å². The average Bonchev–Trinajstić information content (AvgIpc) is 0.794. The fourth-order valence-corrected chi connectivity index (χ4v) is 15.5. The zero-order chi connectivity index (χ0) is 77.8. The number of pyridine rings is 1. The minimum Gasteiger partial charge on any atom is -0.510 e. The number of fused-ring (bicyclic) bond motifs is 4. The number of ether oxygens (including phenoxy) is 1. The molecule has 3 aromatic heterocycles. The van der Waals surface area contributed by atoms with Gasteiger partial charge < -0.3 is 13.9 Å². The molecule has 0 unspecified atom stereocenters. The maximum atomic E-state index is 10.2. The standard InChI is InChI=1S/C80H72N4OSi.Pt/c1-54-26-23-27-55(2)76(54)57-40-43-71-73(47-57)82(61-30-25-31-62(51-61)85-63-41-42-68-67-38-21-22-39-70(67)84(72(68)52-63)75-50-59(44-45-81-75)79(6,7)8)53-83(71)77-69(56-28-24-29-58(46-56)78(3,4)5)48-60(80(9,10)11)49-74(77)86(64-32-15-12-16-33-64,65-34-17-13-18-35-65)66-36-19-14-20-37-66;/h12-50H,1-11H3;/q-2;/i1D3,2D3,12D,13D,14D,15D,16D,17D,18D,19D,20D,32D,33D,34D,35D,36D,37D;. The second kappa shape index (κ2) is 22.9. The summed E-state index contributed by atoms with van der Waals surface area (Å²) in [6.07, 6.45) is 5.34. The monoisotopic (exact) mass is 1350 g/mol. The summed E-state index contributed by atoms with van der Waals surface area (Å²) in [6, 6.07) is 32.9. The van der Waals surface area contributed by atoms with Crippen molar-refractivity contribution in [1.82, 2.24) is 14.1 Å². The number of aromatic nitrogens is 4. The minimum absolute atomic E-state index is 0. The second-order valence-corrected chi connectivity index (χ2v) is 28.1. The van der Waals surface area contributed by atoms with Gasteiger partial charge in [0.05, 0.1) is 37.3 Å². The molecule has 3 heterocycles. The molecule has 13 aromatic rings. The molecule has 0 saturated heterocycles. The number of imidazole rings is 1. The predicted molar refractivity (Wildman–Crippen MR) is 360 cm³/mol. The predicted octanol–water partition coefficient (Wildman–Crippen LogP) is 16.8. The summed E-state index contributed by atoms with van der Waals surface area (Å²) in [5, 5.41) is -0.585. The minimum atomic E-state index is -6.08. The van der Waals surface area contributed by atoms with Crippen LogP contribution in [0.5, 0.6) is 11.5 Å². The summed E-state index contributed by atoms with van der Waals surface area (Å²) in [5.41, 5.74) is 2.53. The van der Waals surface area contributed by atoms with Crippen LogP contribution in [0.2, 0.25) is 0 Å². The van der Waals surface area contributed by atoms with Crippen LogP contribution in [0, 0.1) is 32.2 Å². The first-order valence-electron chi connectivity index (χ1n) is 38.8. The Morgan fingerprint density at radius 1 is 0.529 bits per heavy atom. The molecule has 10 aromatic carbocycles. The Hall–Kier alpha value is -8.67. The maximum Gasteiger partial charge on any atom is 0.268 e. The first-order chi connectivity index (χ1) is 50.0. The molecule has 0 fully saturated rings. The van der Waals surface area contributed by atoms with Crippen molar-refractivity contribution in [1.29, 1.82) is 0 Å². The maximum absolute atomic E-state index is 10.2. The van der Waals surface area contributed by atoms with Crippen LogP contribution in [0.15, 0.2) is 236 Å². The average molecular weight is 1350 g/mol. The van der Waals surface area contributed by atoms with E-state index in [0.717, 1.165) is 27.4 Å². The normalized spacial score (nSPS) is 15.9. The molecule has 0 saturated carbocycles. The SMILES string of the molecule is [2H]c1c([2H])c([2H])c([Si](c2cc(C(C)(C)C)cc(-c3cccc(C(C)(C)C)c3)c2-[n+]2[c-]n(-c3[c-]c(Oc4[c-]c5c(cc4)c4ccccc4n5-c4cc(C(C)(C)C)ccn4)ccc3)c3cc(-c4c(C([2H])([2H])[2H])cccc4C([2H])([2H])[2H])ccc32)(c2c([2H])c([2H])c([2H])c([2H])c2[2H])c2c([2H])c([2H])c([2H])c([2H])c2[2H])c([2H])c1[2H].[Pt]. The van der Waals surface area contributed by atoms with Crippen molar-refractivity contribution < 1.29 is 59.2 Å². The van der Waals surface area contributed by atoms with Gasteiger partial charge in [0, 0.05) is 52.5 Å². The molecular weight excluding hydrogens is 1260 g/mol. The van der Waals surface area contributed by atoms with Crippen LogP contribution in [0.3, 0.4) is 0 Å². The van der Waals surface area contributed by atoms with E-state index >= 15 is 0 Å². The van der Waals surface area contributed by atoms with Crippen molar-refractivity contribution in [3.05, 3.63) is 283 Å². The topological polar surface area (TPSA) is 35.9 Å². The Balaban J connectivity index is 0.0000109. The van der Waals surface area contributed by atoms with Gasteiger partial charge in [-0.15, -0.1) is 29.7 Å². The van der Waals surface area contributed by atoms with Crippen molar-refractivity contribution >= 4 is 61.7 Å². The van der Waals surface area contributed by atoms with E-state index in [4.69, 9.17) is 22.1 Å². The first kappa shape index (κ1) is 38.5. The van der Waals surface area contributed by atoms with Gasteiger partial charge in [-0.1, -0.05) is 243 Å². The van der Waals surface area contributed by atoms with Gasteiger partial charge in [-0.3, -0.25) is 4.57 Å². The molecule has 0 spiro atoms. The number of rotatable bonds is 11. The molecule has 0 aliphatic rings. The number of hydrogen-bond acceptors (Lipinski definition) is 2. The van der Waals surface area contributed by atoms with E-state index in [1.54, 1.807) is 54.7 Å². The largest absolute Gasteiger partial charge is 0.510 e. The van der Waals surface area contributed by atoms with Crippen molar-refractivity contribution in [3.8, 4) is 50.9 Å². The van der Waals surface area contributed by atoms with Gasteiger partial charge in [-0.2, -0.15) is 18.2 Å². The summed E-state index contributed by atoms with van der Waals surface area (Å²) in [7, 11) is -6.08. The molecule has 7 heteroatoms. The summed E-state index contributed by atoms with van der Waals surface area (Å²) < 4.78 is 211. The van der Waals surface area contributed by atoms with Gasteiger partial charge in [0.2, 0.25) is 0 Å². The third-order valence-corrected chi connectivity index (χ3v) is 20.1. The molecule has 0 atom stereocenters. The molecule has 0 amide bonds. The van der Waals surface area contributed by atoms with E-state index in [1.807, 2.05) is 113 Å². The smallest absolute Gasteiger partial charge is 0.268 e. The Labute approximate surface area is 558 Å². The summed E-state index contributed by atoms with van der Waals surface area (Å²) in [5.74, 6) is 1.05. The van der Waals surface area contributed by atoms with Crippen LogP contribution in [-0.4, -0.2) is 22.2 Å². The molecule has 0 aliphatic carbocycles. The van der Waals surface area contributed by atoms with Crippen LogP contribution in [0.25, 0.3) is 72.3 Å². The van der Waals surface area contributed by atoms with Crippen LogP contribution in [0.4, 0.5) is 0 Å². The van der Waals surface area contributed by atoms with E-state index in [0.29, 0.717) is 22.5 Å². The van der Waals surface area contributed by atoms with Gasteiger partial charge in [-0.25, -0.2) is 4.98 Å². The van der Waals surface area contributed by atoms with Crippen molar-refractivity contribution in [2.24, 2.45) is 0 Å². The Morgan fingerprint density at radius 2 is 1.14 bits per heavy atom. The number of hydrogen-bond donors (Lipinski definition) is 0. The van der Waals surface area contributed by atoms with Crippen LogP contribution >= 0.6 is 0 Å². The Morgan fingerprint density at radius 3 is 1.78 bits per heavy atom. The second-order valence-electron chi connectivity index (χ2n) is 24.5. The van der Waals surface area contributed by atoms with Gasteiger partial charge in [0.1, 0.15) is 5.82 Å². The fraction of sp³-hybridized carbons (Fsp3) is 0.175. The zero-order valence-electron chi connectivity index (χ0n) is 70.4. The molecule has 0 N–H and O–H groups in total. The van der Waals surface area contributed by atoms with Gasteiger partial charge in [0.25, 0.3) is 6.33 Å². The molecule has 5 nitrogen and oxygen atoms in total. The van der Waals surface area contributed by atoms with E-state index in [1.165, 1.54) is 33.4 Å². The van der Waals surface area contributed by atoms with Crippen molar-refractivity contribution in [2.45, 2.75) is 92.3 Å². The Kier molecular flexibility index (Phi) is 10.1. The van der Waals surface area contributed by atoms with E-state index < -0.39 is 139 Å². The summed E-state index contributed by atoms with van der Waals surface area (Å²) >= 11 is 0. The van der Waals surface area contributed by atoms with Gasteiger partial charge >= 0.3 is 0 Å². The van der Waals surface area contributed by atoms with Crippen LogP contribution in [-0.2, 0) is 37.3 Å². The molecule has 0 radical (unpaired) electrons. The molecule has 13 rings (SSSR count).